The molecule has 2 rings (SSSR count). The monoisotopic (exact) mass is 159 g/mol. The van der Waals surface area contributed by atoms with Gasteiger partial charge in [-0.3, -0.25) is 0 Å². The van der Waals surface area contributed by atoms with Gasteiger partial charge in [0.1, 0.15) is 0 Å². The molecular weight excluding hydrogens is 152 g/mol. The van der Waals surface area contributed by atoms with Crippen molar-refractivity contribution in [2.75, 3.05) is 0 Å². The molecule has 0 fully saturated rings. The van der Waals surface area contributed by atoms with Crippen LogP contribution in [0.15, 0.2) is 24.3 Å². The largest absolute Gasteiger partial charge is 0.0839 e. The van der Waals surface area contributed by atoms with Crippen molar-refractivity contribution in [1.29, 1.82) is 0 Å². The first-order chi connectivity index (χ1) is 5.38. The minimum Gasteiger partial charge on any atom is -0.0839 e. The molecule has 1 aliphatic rings. The van der Waals surface area contributed by atoms with Crippen LogP contribution in [0.25, 0.3) is 6.08 Å². The predicted octanol–water partition coefficient (Wildman–Crippen LogP) is 2.62. The molecule has 0 spiro atoms. The third-order valence-corrected chi connectivity index (χ3v) is 2.16. The maximum absolute atomic E-state index is 5.19. The van der Waals surface area contributed by atoms with E-state index < -0.39 is 0 Å². The van der Waals surface area contributed by atoms with E-state index in [0.717, 1.165) is 16.8 Å². The van der Waals surface area contributed by atoms with Crippen molar-refractivity contribution in [1.82, 2.24) is 0 Å². The van der Waals surface area contributed by atoms with Gasteiger partial charge in [0.05, 0.1) is 0 Å². The van der Waals surface area contributed by atoms with Crippen LogP contribution in [-0.2, 0) is 0 Å². The van der Waals surface area contributed by atoms with Gasteiger partial charge in [0.25, 0.3) is 0 Å². The number of hydrogen-bond acceptors (Lipinski definition) is 1. The molecular formula is C10H7S. The maximum atomic E-state index is 5.19. The molecule has 1 aliphatic carbocycles. The molecule has 0 nitrogen and oxygen atoms in total. The maximum Gasteiger partial charge on any atom is 0.0268 e. The highest BCUT2D eigenvalue weighted by Gasteiger charge is 2.07. The smallest absolute Gasteiger partial charge is 0.0268 e. The van der Waals surface area contributed by atoms with Crippen molar-refractivity contribution in [3.8, 4) is 0 Å². The van der Waals surface area contributed by atoms with Crippen molar-refractivity contribution in [2.24, 2.45) is 0 Å². The van der Waals surface area contributed by atoms with Crippen molar-refractivity contribution >= 4 is 23.2 Å². The first kappa shape index (κ1) is 6.74. The second-order valence-electron chi connectivity index (χ2n) is 2.53. The normalized spacial score (nSPS) is 14.7. The van der Waals surface area contributed by atoms with Crippen LogP contribution in [-0.4, -0.2) is 4.86 Å². The Labute approximate surface area is 71.6 Å². The van der Waals surface area contributed by atoms with E-state index in [1.165, 1.54) is 5.56 Å². The van der Waals surface area contributed by atoms with E-state index in [2.05, 4.69) is 24.3 Å². The minimum atomic E-state index is 0.903. The Morgan fingerprint density at radius 3 is 3.18 bits per heavy atom. The fraction of sp³-hybridized carbons (Fsp3) is 0.100. The lowest BCUT2D eigenvalue weighted by atomic mass is 9.98. The molecule has 0 saturated carbocycles. The molecule has 0 unspecified atom stereocenters. The highest BCUT2D eigenvalue weighted by atomic mass is 32.1. The van der Waals surface area contributed by atoms with Gasteiger partial charge in [-0.05, 0) is 17.2 Å². The van der Waals surface area contributed by atoms with Crippen LogP contribution in [0.3, 0.4) is 0 Å². The number of allylic oxidation sites excluding steroid dienone is 1. The van der Waals surface area contributed by atoms with Gasteiger partial charge in [-0.2, -0.15) is 0 Å². The predicted molar refractivity (Wildman–Crippen MR) is 50.6 cm³/mol. The first-order valence-corrected chi connectivity index (χ1v) is 3.99. The van der Waals surface area contributed by atoms with Crippen LogP contribution in [0.2, 0.25) is 0 Å². The highest BCUT2D eigenvalue weighted by molar-refractivity contribution is 7.80. The third kappa shape index (κ3) is 1.12. The van der Waals surface area contributed by atoms with Crippen molar-refractivity contribution < 1.29 is 0 Å². The average molecular weight is 159 g/mol. The van der Waals surface area contributed by atoms with Crippen LogP contribution in [0, 0.1) is 6.07 Å². The van der Waals surface area contributed by atoms with E-state index >= 15 is 0 Å². The minimum absolute atomic E-state index is 0.903. The van der Waals surface area contributed by atoms with Gasteiger partial charge in [0.15, 0.2) is 0 Å². The molecule has 1 heteroatoms. The summed E-state index contributed by atoms with van der Waals surface area (Å²) in [7, 11) is 0. The molecule has 0 amide bonds. The summed E-state index contributed by atoms with van der Waals surface area (Å²) in [6.07, 6.45) is 5.06. The van der Waals surface area contributed by atoms with Crippen LogP contribution in [0.5, 0.6) is 0 Å². The molecule has 0 heterocycles. The summed E-state index contributed by atoms with van der Waals surface area (Å²) in [5.41, 5.74) is 2.30. The van der Waals surface area contributed by atoms with Gasteiger partial charge in [0, 0.05) is 11.3 Å². The topological polar surface area (TPSA) is 0 Å². The Bertz CT molecular complexity index is 323. The molecule has 0 saturated heterocycles. The molecule has 1 aromatic carbocycles. The number of thiocarbonyl (C=S) groups is 1. The lowest BCUT2D eigenvalue weighted by molar-refractivity contribution is 1.45. The van der Waals surface area contributed by atoms with Gasteiger partial charge < -0.3 is 0 Å². The number of benzene rings is 1. The second-order valence-corrected chi connectivity index (χ2v) is 3.02. The van der Waals surface area contributed by atoms with Crippen molar-refractivity contribution in [3.63, 3.8) is 0 Å². The Balaban J connectivity index is 2.63. The van der Waals surface area contributed by atoms with Gasteiger partial charge in [-0.15, -0.1) is 0 Å². The summed E-state index contributed by atoms with van der Waals surface area (Å²) in [6, 6.07) is 9.09. The molecule has 1 aromatic rings. The number of hydrogen-bond donors (Lipinski definition) is 0. The van der Waals surface area contributed by atoms with Gasteiger partial charge in [-0.25, -0.2) is 0 Å². The summed E-state index contributed by atoms with van der Waals surface area (Å²) in [6.45, 7) is 0. The van der Waals surface area contributed by atoms with Crippen LogP contribution in [0.1, 0.15) is 17.5 Å². The molecule has 0 bridgehead atoms. The number of fused-ring (bicyclic) bond motifs is 1. The van der Waals surface area contributed by atoms with E-state index in [4.69, 9.17) is 12.2 Å². The zero-order valence-corrected chi connectivity index (χ0v) is 6.82. The molecule has 0 N–H and O–H groups in total. The molecule has 0 aromatic heterocycles. The van der Waals surface area contributed by atoms with E-state index in [-0.39, 0.29) is 0 Å². The quantitative estimate of drug-likeness (QED) is 0.524. The lowest BCUT2D eigenvalue weighted by Crippen LogP contribution is -2.01. The summed E-state index contributed by atoms with van der Waals surface area (Å²) in [5, 5.41) is 0. The molecule has 0 atom stereocenters. The van der Waals surface area contributed by atoms with Crippen LogP contribution < -0.4 is 0 Å². The summed E-state index contributed by atoms with van der Waals surface area (Å²) >= 11 is 5.19. The van der Waals surface area contributed by atoms with E-state index in [9.17, 15) is 0 Å². The Kier molecular flexibility index (Phi) is 1.59. The van der Waals surface area contributed by atoms with E-state index in [0.29, 0.717) is 0 Å². The zero-order valence-electron chi connectivity index (χ0n) is 6.00. The standard InChI is InChI=1S/C10H7S/c11-10-7-3-5-8-4-1-2-6-9(8)10/h1-3,5-6H,7H2. The van der Waals surface area contributed by atoms with E-state index in [1.54, 1.807) is 0 Å². The SMILES string of the molecule is S=C1CC=Cc2[c]cccc21. The molecule has 53 valence electrons. The fourth-order valence-electron chi connectivity index (χ4n) is 1.22. The average Bonchev–Trinajstić information content (AvgIpc) is 2.06. The molecule has 11 heavy (non-hydrogen) atoms. The van der Waals surface area contributed by atoms with E-state index in [1.807, 2.05) is 12.1 Å². The van der Waals surface area contributed by atoms with Crippen LogP contribution >= 0.6 is 12.2 Å². The summed E-state index contributed by atoms with van der Waals surface area (Å²) in [4.78, 5) is 1.03. The summed E-state index contributed by atoms with van der Waals surface area (Å²) < 4.78 is 0. The highest BCUT2D eigenvalue weighted by Crippen LogP contribution is 2.18. The van der Waals surface area contributed by atoms with Crippen molar-refractivity contribution in [2.45, 2.75) is 6.42 Å². The van der Waals surface area contributed by atoms with Gasteiger partial charge >= 0.3 is 0 Å². The van der Waals surface area contributed by atoms with Gasteiger partial charge in [-0.1, -0.05) is 42.6 Å². The Morgan fingerprint density at radius 2 is 2.36 bits per heavy atom. The second kappa shape index (κ2) is 2.59. The summed E-state index contributed by atoms with van der Waals surface area (Å²) in [5.74, 6) is 0. The zero-order chi connectivity index (χ0) is 7.68. The molecule has 0 aliphatic heterocycles. The lowest BCUT2D eigenvalue weighted by Gasteiger charge is -2.09. The molecule has 1 radical (unpaired) electrons. The third-order valence-electron chi connectivity index (χ3n) is 1.78. The number of rotatable bonds is 0. The Hall–Kier alpha value is -0.950. The fourth-order valence-corrected chi connectivity index (χ4v) is 1.50. The van der Waals surface area contributed by atoms with Crippen LogP contribution in [0.4, 0.5) is 0 Å². The van der Waals surface area contributed by atoms with Gasteiger partial charge in [0.2, 0.25) is 0 Å². The Morgan fingerprint density at radius 1 is 1.45 bits per heavy atom. The first-order valence-electron chi connectivity index (χ1n) is 3.58. The van der Waals surface area contributed by atoms with Crippen molar-refractivity contribution in [3.05, 3.63) is 41.5 Å².